The van der Waals surface area contributed by atoms with Crippen LogP contribution in [0, 0.1) is 0 Å². The fourth-order valence-electron chi connectivity index (χ4n) is 3.37. The molecule has 0 saturated carbocycles. The predicted molar refractivity (Wildman–Crippen MR) is 119 cm³/mol. The van der Waals surface area contributed by atoms with Crippen LogP contribution in [-0.4, -0.2) is 56.8 Å². The number of sulfonamides is 1. The number of aromatic nitrogens is 6. The second-order valence-corrected chi connectivity index (χ2v) is 9.52. The number of nitrogens with zero attached hydrogens (tertiary/aromatic N) is 6. The summed E-state index contributed by atoms with van der Waals surface area (Å²) >= 11 is 6.26. The van der Waals surface area contributed by atoms with Crippen LogP contribution in [0.1, 0.15) is 32.2 Å². The van der Waals surface area contributed by atoms with Crippen molar-refractivity contribution in [2.45, 2.75) is 32.2 Å². The van der Waals surface area contributed by atoms with Crippen LogP contribution in [0.4, 0.5) is 17.3 Å². The normalized spacial score (nSPS) is 15.2. The minimum atomic E-state index is -3.41. The van der Waals surface area contributed by atoms with Crippen LogP contribution in [0.25, 0.3) is 5.82 Å². The standard InChI is InChI=1S/C18H24ClN9O2S/c1-2-7-31(29,30)26-14-9-23-28(12-14)17-16(19)10-21-18(25-17)24-13-8-22-27(11-13)15-3-5-20-6-4-15/h8-12,15,20,26H,2-7H2,1H3,(H,21,24,25). The first-order valence-corrected chi connectivity index (χ1v) is 12.1. The molecule has 0 aliphatic carbocycles. The molecule has 1 fully saturated rings. The molecule has 3 aromatic rings. The van der Waals surface area contributed by atoms with Crippen molar-refractivity contribution in [3.05, 3.63) is 36.0 Å². The molecule has 0 spiro atoms. The molecule has 13 heteroatoms. The van der Waals surface area contributed by atoms with Gasteiger partial charge in [-0.25, -0.2) is 18.1 Å². The number of anilines is 3. The lowest BCUT2D eigenvalue weighted by Gasteiger charge is -2.22. The van der Waals surface area contributed by atoms with Gasteiger partial charge in [0.15, 0.2) is 5.82 Å². The zero-order valence-electron chi connectivity index (χ0n) is 17.0. The maximum absolute atomic E-state index is 12.0. The quantitative estimate of drug-likeness (QED) is 0.461. The van der Waals surface area contributed by atoms with E-state index >= 15 is 0 Å². The monoisotopic (exact) mass is 465 g/mol. The highest BCUT2D eigenvalue weighted by Gasteiger charge is 2.17. The molecule has 4 rings (SSSR count). The SMILES string of the molecule is CCCS(=O)(=O)Nc1cnn(-c2nc(Nc3cnn(C4CCNCC4)c3)ncc2Cl)c1. The van der Waals surface area contributed by atoms with Gasteiger partial charge in [0.1, 0.15) is 5.02 Å². The van der Waals surface area contributed by atoms with Crippen molar-refractivity contribution in [2.24, 2.45) is 0 Å². The van der Waals surface area contributed by atoms with Gasteiger partial charge in [-0.1, -0.05) is 18.5 Å². The van der Waals surface area contributed by atoms with Crippen LogP contribution in [0.5, 0.6) is 0 Å². The van der Waals surface area contributed by atoms with E-state index < -0.39 is 10.0 Å². The molecule has 0 atom stereocenters. The highest BCUT2D eigenvalue weighted by atomic mass is 35.5. The van der Waals surface area contributed by atoms with Gasteiger partial charge in [-0.3, -0.25) is 9.40 Å². The first-order chi connectivity index (χ1) is 14.9. The molecule has 0 amide bonds. The van der Waals surface area contributed by atoms with Gasteiger partial charge in [0.25, 0.3) is 0 Å². The molecule has 0 bridgehead atoms. The van der Waals surface area contributed by atoms with E-state index in [1.54, 1.807) is 13.1 Å². The maximum atomic E-state index is 12.0. The van der Waals surface area contributed by atoms with Crippen molar-refractivity contribution >= 4 is 38.9 Å². The third-order valence-electron chi connectivity index (χ3n) is 4.81. The Kier molecular flexibility index (Phi) is 6.39. The fourth-order valence-corrected chi connectivity index (χ4v) is 4.65. The Balaban J connectivity index is 1.50. The third kappa shape index (κ3) is 5.32. The smallest absolute Gasteiger partial charge is 0.232 e. The topological polar surface area (TPSA) is 132 Å². The van der Waals surface area contributed by atoms with E-state index in [-0.39, 0.29) is 10.8 Å². The molecule has 0 radical (unpaired) electrons. The van der Waals surface area contributed by atoms with Gasteiger partial charge in [-0.05, 0) is 32.4 Å². The van der Waals surface area contributed by atoms with Gasteiger partial charge >= 0.3 is 0 Å². The highest BCUT2D eigenvalue weighted by Crippen LogP contribution is 2.23. The minimum Gasteiger partial charge on any atom is -0.321 e. The minimum absolute atomic E-state index is 0.0333. The molecule has 11 nitrogen and oxygen atoms in total. The molecule has 3 aromatic heterocycles. The van der Waals surface area contributed by atoms with Gasteiger partial charge < -0.3 is 10.6 Å². The summed E-state index contributed by atoms with van der Waals surface area (Å²) < 4.78 is 29.8. The zero-order chi connectivity index (χ0) is 21.8. The summed E-state index contributed by atoms with van der Waals surface area (Å²) in [5.41, 5.74) is 1.10. The van der Waals surface area contributed by atoms with Crippen molar-refractivity contribution in [3.8, 4) is 5.82 Å². The zero-order valence-corrected chi connectivity index (χ0v) is 18.6. The summed E-state index contributed by atoms with van der Waals surface area (Å²) in [5, 5.41) is 15.4. The summed E-state index contributed by atoms with van der Waals surface area (Å²) in [6.07, 6.45) is 10.6. The van der Waals surface area contributed by atoms with Gasteiger partial charge in [-0.15, -0.1) is 0 Å². The number of hydrogen-bond donors (Lipinski definition) is 3. The second-order valence-electron chi connectivity index (χ2n) is 7.27. The van der Waals surface area contributed by atoms with Crippen molar-refractivity contribution in [3.63, 3.8) is 0 Å². The van der Waals surface area contributed by atoms with Crippen molar-refractivity contribution in [2.75, 3.05) is 28.9 Å². The largest absolute Gasteiger partial charge is 0.321 e. The molecule has 0 unspecified atom stereocenters. The van der Waals surface area contributed by atoms with Gasteiger partial charge in [-0.2, -0.15) is 15.2 Å². The Morgan fingerprint density at radius 1 is 1.16 bits per heavy atom. The van der Waals surface area contributed by atoms with E-state index in [0.29, 0.717) is 29.9 Å². The molecule has 166 valence electrons. The average molecular weight is 466 g/mol. The van der Waals surface area contributed by atoms with Crippen molar-refractivity contribution in [1.82, 2.24) is 34.8 Å². The summed E-state index contributed by atoms with van der Waals surface area (Å²) in [7, 11) is -3.41. The van der Waals surface area contributed by atoms with Gasteiger partial charge in [0.05, 0.1) is 48.0 Å². The van der Waals surface area contributed by atoms with Crippen LogP contribution < -0.4 is 15.4 Å². The third-order valence-corrected chi connectivity index (χ3v) is 6.57. The van der Waals surface area contributed by atoms with Crippen LogP contribution in [0.2, 0.25) is 5.02 Å². The Hall–Kier alpha value is -2.70. The van der Waals surface area contributed by atoms with Crippen LogP contribution >= 0.6 is 11.6 Å². The predicted octanol–water partition coefficient (Wildman–Crippen LogP) is 2.33. The Morgan fingerprint density at radius 2 is 1.94 bits per heavy atom. The number of rotatable bonds is 8. The Bertz CT molecular complexity index is 1140. The lowest BCUT2D eigenvalue weighted by Crippen LogP contribution is -2.29. The average Bonchev–Trinajstić information content (AvgIpc) is 3.39. The molecule has 3 N–H and O–H groups in total. The van der Waals surface area contributed by atoms with Gasteiger partial charge in [0.2, 0.25) is 16.0 Å². The van der Waals surface area contributed by atoms with E-state index in [1.807, 2.05) is 10.9 Å². The van der Waals surface area contributed by atoms with E-state index in [2.05, 4.69) is 35.5 Å². The van der Waals surface area contributed by atoms with Crippen LogP contribution in [0.3, 0.4) is 0 Å². The highest BCUT2D eigenvalue weighted by molar-refractivity contribution is 7.92. The van der Waals surface area contributed by atoms with E-state index in [4.69, 9.17) is 11.6 Å². The van der Waals surface area contributed by atoms with Gasteiger partial charge in [0, 0.05) is 6.20 Å². The molecule has 0 aromatic carbocycles. The summed E-state index contributed by atoms with van der Waals surface area (Å²) in [4.78, 5) is 8.65. The van der Waals surface area contributed by atoms with E-state index in [1.165, 1.54) is 23.3 Å². The van der Waals surface area contributed by atoms with E-state index in [0.717, 1.165) is 31.6 Å². The number of piperidine rings is 1. The molecular formula is C18H24ClN9O2S. The summed E-state index contributed by atoms with van der Waals surface area (Å²) in [6.45, 7) is 3.77. The fraction of sp³-hybridized carbons (Fsp3) is 0.444. The van der Waals surface area contributed by atoms with Crippen LogP contribution in [0.15, 0.2) is 31.0 Å². The Labute approximate surface area is 185 Å². The first-order valence-electron chi connectivity index (χ1n) is 10.0. The lowest BCUT2D eigenvalue weighted by molar-refractivity contribution is 0.343. The molecule has 31 heavy (non-hydrogen) atoms. The first kappa shape index (κ1) is 21.5. The van der Waals surface area contributed by atoms with Crippen molar-refractivity contribution in [1.29, 1.82) is 0 Å². The molecule has 1 aliphatic heterocycles. The molecule has 1 saturated heterocycles. The van der Waals surface area contributed by atoms with Crippen LogP contribution in [-0.2, 0) is 10.0 Å². The maximum Gasteiger partial charge on any atom is 0.232 e. The molecule has 1 aliphatic rings. The van der Waals surface area contributed by atoms with E-state index in [9.17, 15) is 8.42 Å². The number of halogens is 1. The lowest BCUT2D eigenvalue weighted by atomic mass is 10.1. The van der Waals surface area contributed by atoms with Crippen molar-refractivity contribution < 1.29 is 8.42 Å². The Morgan fingerprint density at radius 3 is 2.71 bits per heavy atom. The number of nitrogens with one attached hydrogen (secondary N) is 3. The summed E-state index contributed by atoms with van der Waals surface area (Å²) in [6, 6.07) is 0.373. The molecule has 4 heterocycles. The summed E-state index contributed by atoms with van der Waals surface area (Å²) in [5.74, 6) is 0.685. The second kappa shape index (κ2) is 9.20. The number of hydrogen-bond acceptors (Lipinski definition) is 8. The molecular weight excluding hydrogens is 442 g/mol.